The third-order valence-electron chi connectivity index (χ3n) is 5.82. The van der Waals surface area contributed by atoms with Gasteiger partial charge in [-0.2, -0.15) is 0 Å². The van der Waals surface area contributed by atoms with E-state index in [0.717, 1.165) is 78.4 Å². The highest BCUT2D eigenvalue weighted by molar-refractivity contribution is 5.92. The van der Waals surface area contributed by atoms with Gasteiger partial charge >= 0.3 is 0 Å². The van der Waals surface area contributed by atoms with Crippen LogP contribution in [0.15, 0.2) is 42.7 Å². The molecule has 158 valence electrons. The molecule has 2 aliphatic heterocycles. The largest absolute Gasteiger partial charge is 0.488 e. The third kappa shape index (κ3) is 4.48. The van der Waals surface area contributed by atoms with E-state index in [2.05, 4.69) is 33.3 Å². The van der Waals surface area contributed by atoms with E-state index in [1.54, 1.807) is 6.33 Å². The van der Waals surface area contributed by atoms with E-state index < -0.39 is 0 Å². The summed E-state index contributed by atoms with van der Waals surface area (Å²) in [4.78, 5) is 9.02. The van der Waals surface area contributed by atoms with Gasteiger partial charge in [-0.15, -0.1) is 6.42 Å². The van der Waals surface area contributed by atoms with Crippen molar-refractivity contribution in [2.75, 3.05) is 31.7 Å². The van der Waals surface area contributed by atoms with Crippen molar-refractivity contribution in [2.45, 2.75) is 25.4 Å². The lowest BCUT2D eigenvalue weighted by molar-refractivity contribution is 0.140. The van der Waals surface area contributed by atoms with Gasteiger partial charge in [0.05, 0.1) is 18.7 Å². The first-order valence-electron chi connectivity index (χ1n) is 10.7. The Labute approximate surface area is 182 Å². The quantitative estimate of drug-likeness (QED) is 0.612. The Bertz CT molecular complexity index is 1110. The summed E-state index contributed by atoms with van der Waals surface area (Å²) < 4.78 is 17.5. The highest BCUT2D eigenvalue weighted by Gasteiger charge is 2.23. The molecule has 2 saturated heterocycles. The van der Waals surface area contributed by atoms with Gasteiger partial charge in [0, 0.05) is 36.3 Å². The minimum absolute atomic E-state index is 0.0735. The number of nitrogens with one attached hydrogen (secondary N) is 1. The fraction of sp³-hybridized carbons (Fsp3) is 0.360. The maximum atomic E-state index is 6.39. The molecule has 6 nitrogen and oxygen atoms in total. The maximum Gasteiger partial charge on any atom is 0.141 e. The number of aromatic nitrogens is 2. The van der Waals surface area contributed by atoms with Crippen LogP contribution in [0.2, 0.25) is 0 Å². The number of ether oxygens (including phenoxy) is 3. The van der Waals surface area contributed by atoms with Gasteiger partial charge in [0.15, 0.2) is 0 Å². The number of hydrogen-bond donors (Lipinski definition) is 1. The van der Waals surface area contributed by atoms with Crippen LogP contribution in [-0.2, 0) is 15.9 Å². The van der Waals surface area contributed by atoms with Crippen molar-refractivity contribution >= 4 is 22.4 Å². The molecule has 0 aliphatic carbocycles. The summed E-state index contributed by atoms with van der Waals surface area (Å²) in [5.41, 5.74) is 3.74. The second-order valence-corrected chi connectivity index (χ2v) is 8.09. The molecule has 2 fully saturated rings. The molecule has 0 bridgehead atoms. The van der Waals surface area contributed by atoms with E-state index in [9.17, 15) is 0 Å². The average Bonchev–Trinajstić information content (AvgIpc) is 3.49. The second-order valence-electron chi connectivity index (χ2n) is 8.09. The van der Waals surface area contributed by atoms with Crippen molar-refractivity contribution in [3.63, 3.8) is 0 Å². The molecule has 1 unspecified atom stereocenters. The van der Waals surface area contributed by atoms with E-state index in [1.165, 1.54) is 0 Å². The monoisotopic (exact) mass is 415 g/mol. The number of rotatable bonds is 6. The minimum Gasteiger partial charge on any atom is -0.488 e. The molecule has 31 heavy (non-hydrogen) atoms. The Hall–Kier alpha value is -3.14. The van der Waals surface area contributed by atoms with Crippen LogP contribution in [0, 0.1) is 18.3 Å². The number of nitrogens with zero attached hydrogens (tertiary/aromatic N) is 2. The van der Waals surface area contributed by atoms with Crippen molar-refractivity contribution < 1.29 is 14.2 Å². The van der Waals surface area contributed by atoms with Crippen molar-refractivity contribution in [2.24, 2.45) is 5.92 Å². The second kappa shape index (κ2) is 8.93. The van der Waals surface area contributed by atoms with Gasteiger partial charge < -0.3 is 19.5 Å². The molecule has 6 heteroatoms. The minimum atomic E-state index is 0.0735. The van der Waals surface area contributed by atoms with Gasteiger partial charge in [-0.05, 0) is 54.7 Å². The molecule has 0 spiro atoms. The van der Waals surface area contributed by atoms with E-state index in [1.807, 2.05) is 24.3 Å². The number of fused-ring (bicyclic) bond motifs is 1. The zero-order chi connectivity index (χ0) is 21.0. The molecule has 2 aliphatic rings. The molecule has 2 atom stereocenters. The number of anilines is 2. The molecule has 0 saturated carbocycles. The molecule has 1 aromatic heterocycles. The molecular weight excluding hydrogens is 390 g/mol. The van der Waals surface area contributed by atoms with E-state index in [0.29, 0.717) is 12.5 Å². The average molecular weight is 415 g/mol. The Morgan fingerprint density at radius 3 is 2.81 bits per heavy atom. The van der Waals surface area contributed by atoms with Gasteiger partial charge in [0.2, 0.25) is 0 Å². The summed E-state index contributed by atoms with van der Waals surface area (Å²) in [6.45, 7) is 2.99. The van der Waals surface area contributed by atoms with Crippen molar-refractivity contribution in [1.82, 2.24) is 9.97 Å². The lowest BCUT2D eigenvalue weighted by atomic mass is 9.97. The van der Waals surface area contributed by atoms with Crippen LogP contribution in [-0.4, -0.2) is 42.5 Å². The fourth-order valence-electron chi connectivity index (χ4n) is 4.16. The fourth-order valence-corrected chi connectivity index (χ4v) is 4.16. The van der Waals surface area contributed by atoms with E-state index >= 15 is 0 Å². The van der Waals surface area contributed by atoms with Gasteiger partial charge in [-0.3, -0.25) is 0 Å². The third-order valence-corrected chi connectivity index (χ3v) is 5.82. The number of benzene rings is 2. The standard InChI is InChI=1S/C25H25N3O3/c1-2-17-4-3-5-20(11-17)28-25-22-13-24(31-21-7-9-30-15-21)19(10-18-6-8-29-14-18)12-23(22)26-16-27-25/h1,3-5,11-13,16,18,21H,6-10,14-15H2,(H,26,27,28)/t18?,21-/m1/s1. The SMILES string of the molecule is C#Cc1cccc(Nc2ncnc3cc(CC4CCOC4)c(O[C@@H]4CCOC4)cc23)c1. The van der Waals surface area contributed by atoms with Gasteiger partial charge in [-0.1, -0.05) is 12.0 Å². The normalized spacial score (nSPS) is 20.6. The van der Waals surface area contributed by atoms with E-state index in [-0.39, 0.29) is 6.10 Å². The molecule has 2 aromatic carbocycles. The smallest absolute Gasteiger partial charge is 0.141 e. The van der Waals surface area contributed by atoms with E-state index in [4.69, 9.17) is 20.6 Å². The Morgan fingerprint density at radius 2 is 2.00 bits per heavy atom. The Morgan fingerprint density at radius 1 is 1.10 bits per heavy atom. The lowest BCUT2D eigenvalue weighted by Gasteiger charge is -2.19. The van der Waals surface area contributed by atoms with Crippen molar-refractivity contribution in [3.8, 4) is 18.1 Å². The predicted molar refractivity (Wildman–Crippen MR) is 120 cm³/mol. The molecular formula is C25H25N3O3. The summed E-state index contributed by atoms with van der Waals surface area (Å²) in [5.74, 6) is 4.78. The molecule has 3 heterocycles. The maximum absolute atomic E-state index is 6.39. The van der Waals surface area contributed by atoms with Crippen LogP contribution in [0.5, 0.6) is 5.75 Å². The number of hydrogen-bond acceptors (Lipinski definition) is 6. The zero-order valence-electron chi connectivity index (χ0n) is 17.3. The first-order chi connectivity index (χ1) is 15.3. The van der Waals surface area contributed by atoms with Gasteiger partial charge in [-0.25, -0.2) is 9.97 Å². The lowest BCUT2D eigenvalue weighted by Crippen LogP contribution is -2.17. The molecule has 3 aromatic rings. The Balaban J connectivity index is 1.52. The van der Waals surface area contributed by atoms with Crippen LogP contribution in [0.3, 0.4) is 0 Å². The van der Waals surface area contributed by atoms with Gasteiger partial charge in [0.25, 0.3) is 0 Å². The summed E-state index contributed by atoms with van der Waals surface area (Å²) in [7, 11) is 0. The molecule has 0 amide bonds. The summed E-state index contributed by atoms with van der Waals surface area (Å²) in [6, 6.07) is 11.9. The van der Waals surface area contributed by atoms with Crippen LogP contribution in [0.4, 0.5) is 11.5 Å². The highest BCUT2D eigenvalue weighted by Crippen LogP contribution is 2.34. The van der Waals surface area contributed by atoms with Gasteiger partial charge in [0.1, 0.15) is 24.0 Å². The first-order valence-corrected chi connectivity index (χ1v) is 10.7. The summed E-state index contributed by atoms with van der Waals surface area (Å²) >= 11 is 0. The van der Waals surface area contributed by atoms with Crippen molar-refractivity contribution in [3.05, 3.63) is 53.9 Å². The van der Waals surface area contributed by atoms with Crippen LogP contribution in [0.1, 0.15) is 24.0 Å². The van der Waals surface area contributed by atoms with Crippen LogP contribution < -0.4 is 10.1 Å². The topological polar surface area (TPSA) is 65.5 Å². The summed E-state index contributed by atoms with van der Waals surface area (Å²) in [5, 5.41) is 4.30. The first kappa shape index (κ1) is 19.8. The van der Waals surface area contributed by atoms with Crippen LogP contribution >= 0.6 is 0 Å². The number of terminal acetylenes is 1. The van der Waals surface area contributed by atoms with Crippen LogP contribution in [0.25, 0.3) is 10.9 Å². The molecule has 5 rings (SSSR count). The predicted octanol–water partition coefficient (Wildman–Crippen LogP) is 4.10. The highest BCUT2D eigenvalue weighted by atomic mass is 16.5. The Kier molecular flexibility index (Phi) is 5.70. The molecule has 0 radical (unpaired) electrons. The molecule has 1 N–H and O–H groups in total. The zero-order valence-corrected chi connectivity index (χ0v) is 17.3. The summed E-state index contributed by atoms with van der Waals surface area (Å²) in [6.07, 6.45) is 10.1. The van der Waals surface area contributed by atoms with Crippen molar-refractivity contribution in [1.29, 1.82) is 0 Å².